The van der Waals surface area contributed by atoms with Gasteiger partial charge in [-0.2, -0.15) is 0 Å². The molecule has 1 aliphatic rings. The van der Waals surface area contributed by atoms with Crippen LogP contribution in [0.3, 0.4) is 0 Å². The monoisotopic (exact) mass is 743 g/mol. The first-order chi connectivity index (χ1) is 28.5. The van der Waals surface area contributed by atoms with E-state index in [1.165, 1.54) is 49.2 Å². The van der Waals surface area contributed by atoms with Gasteiger partial charge in [0.05, 0.1) is 0 Å². The summed E-state index contributed by atoms with van der Waals surface area (Å²) in [6, 6.07) is 51.4. The maximum Gasteiger partial charge on any atom is 0.227 e. The van der Waals surface area contributed by atoms with Crippen molar-refractivity contribution < 1.29 is 4.42 Å². The van der Waals surface area contributed by atoms with E-state index in [4.69, 9.17) is 24.4 Å². The molecular weight excluding hydrogens is 711 g/mol. The van der Waals surface area contributed by atoms with Gasteiger partial charge in [0.2, 0.25) is 5.71 Å². The molecule has 6 heteroatoms. The summed E-state index contributed by atoms with van der Waals surface area (Å²) in [5.41, 5.74) is 11.0. The van der Waals surface area contributed by atoms with Crippen LogP contribution in [-0.4, -0.2) is 24.9 Å². The zero-order valence-electron chi connectivity index (χ0n) is 31.7. The van der Waals surface area contributed by atoms with Gasteiger partial charge in [-0.3, -0.25) is 4.98 Å². The minimum absolute atomic E-state index is 0.168. The topological polar surface area (TPSA) is 77.6 Å². The Balaban J connectivity index is 1.06. The average Bonchev–Trinajstić information content (AvgIpc) is 3.76. The third-order valence-electron chi connectivity index (χ3n) is 12.1. The van der Waals surface area contributed by atoms with Crippen molar-refractivity contribution in [1.82, 2.24) is 24.9 Å². The van der Waals surface area contributed by atoms with Gasteiger partial charge >= 0.3 is 0 Å². The van der Waals surface area contributed by atoms with Crippen LogP contribution in [-0.2, 0) is 5.41 Å². The van der Waals surface area contributed by atoms with Crippen molar-refractivity contribution in [3.8, 4) is 56.4 Å². The summed E-state index contributed by atoms with van der Waals surface area (Å²) >= 11 is 0. The number of rotatable bonds is 4. The normalized spacial score (nSPS) is 13.1. The minimum atomic E-state index is -0.168. The molecule has 0 bridgehead atoms. The number of nitrogens with zero attached hydrogens (tertiary/aromatic N) is 5. The summed E-state index contributed by atoms with van der Waals surface area (Å²) in [7, 11) is 0. The molecule has 4 aromatic heterocycles. The van der Waals surface area contributed by atoms with Gasteiger partial charge in [0, 0.05) is 51.5 Å². The van der Waals surface area contributed by atoms with Crippen molar-refractivity contribution in [3.63, 3.8) is 0 Å². The lowest BCUT2D eigenvalue weighted by Gasteiger charge is -2.21. The highest BCUT2D eigenvalue weighted by molar-refractivity contribution is 6.28. The van der Waals surface area contributed by atoms with Gasteiger partial charge in [-0.1, -0.05) is 117 Å². The van der Waals surface area contributed by atoms with E-state index >= 15 is 0 Å². The van der Waals surface area contributed by atoms with Crippen LogP contribution in [0, 0.1) is 0 Å². The standard InChI is InChI=1S/C52H33N5O/c1-52(2)45-17-8-7-16-39(45)40-19-18-33(26-46(40)52)49-55-48(32-11-9-10-31(24-32)30-20-22-53-23-21-30)56-50(57-49)34-25-44-43-27-41-37-14-5-3-12-35(37)36-13-4-6-15-38(36)42(41)28-47(43)58-51(44)54-29-34/h3-29H,1-2H3. The molecule has 7 aromatic carbocycles. The fourth-order valence-electron chi connectivity index (χ4n) is 9.17. The summed E-state index contributed by atoms with van der Waals surface area (Å²) in [5, 5.41) is 9.10. The highest BCUT2D eigenvalue weighted by Crippen LogP contribution is 2.49. The van der Waals surface area contributed by atoms with E-state index in [-0.39, 0.29) is 5.41 Å². The molecule has 0 unspecified atom stereocenters. The summed E-state index contributed by atoms with van der Waals surface area (Å²) in [6.45, 7) is 4.59. The van der Waals surface area contributed by atoms with Crippen molar-refractivity contribution in [2.24, 2.45) is 0 Å². The van der Waals surface area contributed by atoms with Crippen molar-refractivity contribution in [2.75, 3.05) is 0 Å². The maximum atomic E-state index is 6.47. The van der Waals surface area contributed by atoms with Crippen LogP contribution in [0.4, 0.5) is 0 Å². The van der Waals surface area contributed by atoms with Crippen molar-refractivity contribution >= 4 is 54.4 Å². The molecule has 1 aliphatic carbocycles. The average molecular weight is 744 g/mol. The van der Waals surface area contributed by atoms with Gasteiger partial charge in [-0.25, -0.2) is 19.9 Å². The molecule has 0 amide bonds. The number of hydrogen-bond donors (Lipinski definition) is 0. The van der Waals surface area contributed by atoms with Crippen molar-refractivity contribution in [1.29, 1.82) is 0 Å². The van der Waals surface area contributed by atoms with E-state index < -0.39 is 0 Å². The van der Waals surface area contributed by atoms with Crippen LogP contribution < -0.4 is 0 Å². The minimum Gasteiger partial charge on any atom is -0.438 e. The number of fused-ring (bicyclic) bond motifs is 12. The van der Waals surface area contributed by atoms with Crippen LogP contribution in [0.25, 0.3) is 111 Å². The molecule has 6 nitrogen and oxygen atoms in total. The fourth-order valence-corrected chi connectivity index (χ4v) is 9.17. The summed E-state index contributed by atoms with van der Waals surface area (Å²) < 4.78 is 6.47. The second kappa shape index (κ2) is 12.2. The molecule has 0 N–H and O–H groups in total. The van der Waals surface area contributed by atoms with Gasteiger partial charge in [0.15, 0.2) is 17.5 Å². The van der Waals surface area contributed by atoms with Gasteiger partial charge in [0.25, 0.3) is 0 Å². The highest BCUT2D eigenvalue weighted by Gasteiger charge is 2.35. The first kappa shape index (κ1) is 32.7. The number of pyridine rings is 2. The van der Waals surface area contributed by atoms with E-state index in [0.717, 1.165) is 49.6 Å². The molecule has 4 heterocycles. The molecule has 0 atom stereocenters. The second-order valence-corrected chi connectivity index (χ2v) is 15.7. The largest absolute Gasteiger partial charge is 0.438 e. The summed E-state index contributed by atoms with van der Waals surface area (Å²) in [4.78, 5) is 24.6. The lowest BCUT2D eigenvalue weighted by molar-refractivity contribution is 0.654. The zero-order chi connectivity index (χ0) is 38.5. The van der Waals surface area contributed by atoms with Crippen LogP contribution >= 0.6 is 0 Å². The third kappa shape index (κ3) is 4.88. The maximum absolute atomic E-state index is 6.47. The molecule has 0 saturated heterocycles. The zero-order valence-corrected chi connectivity index (χ0v) is 31.7. The van der Waals surface area contributed by atoms with E-state index in [1.807, 2.05) is 36.8 Å². The number of benzene rings is 7. The lowest BCUT2D eigenvalue weighted by atomic mass is 9.82. The van der Waals surface area contributed by atoms with Crippen LogP contribution in [0.1, 0.15) is 25.0 Å². The third-order valence-corrected chi connectivity index (χ3v) is 12.1. The van der Waals surface area contributed by atoms with Crippen molar-refractivity contribution in [3.05, 3.63) is 175 Å². The molecule has 272 valence electrons. The van der Waals surface area contributed by atoms with Gasteiger partial charge in [-0.05, 0) is 108 Å². The first-order valence-electron chi connectivity index (χ1n) is 19.6. The SMILES string of the molecule is CC1(C)c2ccccc2-c2ccc(-c3nc(-c4cccc(-c5ccncc5)c4)nc(-c4cnc5oc6cc7c8ccccc8c8ccccc8c7cc6c5c4)n3)cc21. The predicted molar refractivity (Wildman–Crippen MR) is 235 cm³/mol. The Kier molecular flexibility index (Phi) is 6.88. The Morgan fingerprint density at radius 2 is 1.02 bits per heavy atom. The second-order valence-electron chi connectivity index (χ2n) is 15.7. The molecule has 58 heavy (non-hydrogen) atoms. The lowest BCUT2D eigenvalue weighted by Crippen LogP contribution is -2.15. The predicted octanol–water partition coefficient (Wildman–Crippen LogP) is 13.0. The Morgan fingerprint density at radius 3 is 1.76 bits per heavy atom. The Morgan fingerprint density at radius 1 is 0.414 bits per heavy atom. The molecule has 0 aliphatic heterocycles. The molecular formula is C52H33N5O. The van der Waals surface area contributed by atoms with Crippen molar-refractivity contribution in [2.45, 2.75) is 19.3 Å². The van der Waals surface area contributed by atoms with E-state index in [0.29, 0.717) is 23.2 Å². The number of furan rings is 1. The van der Waals surface area contributed by atoms with Crippen LogP contribution in [0.15, 0.2) is 169 Å². The highest BCUT2D eigenvalue weighted by atomic mass is 16.3. The van der Waals surface area contributed by atoms with Gasteiger partial charge < -0.3 is 4.42 Å². The quantitative estimate of drug-likeness (QED) is 0.167. The number of hydrogen-bond acceptors (Lipinski definition) is 6. The molecule has 12 rings (SSSR count). The van der Waals surface area contributed by atoms with Crippen LogP contribution in [0.2, 0.25) is 0 Å². The summed E-state index contributed by atoms with van der Waals surface area (Å²) in [5.74, 6) is 1.73. The Hall–Kier alpha value is -7.57. The van der Waals surface area contributed by atoms with Gasteiger partial charge in [-0.15, -0.1) is 0 Å². The number of aromatic nitrogens is 5. The van der Waals surface area contributed by atoms with Crippen LogP contribution in [0.5, 0.6) is 0 Å². The van der Waals surface area contributed by atoms with E-state index in [9.17, 15) is 0 Å². The van der Waals surface area contributed by atoms with E-state index in [2.05, 4.69) is 146 Å². The Bertz CT molecular complexity index is 3500. The molecule has 0 saturated carbocycles. The molecule has 0 fully saturated rings. The first-order valence-corrected chi connectivity index (χ1v) is 19.6. The molecule has 11 aromatic rings. The molecule has 0 radical (unpaired) electrons. The summed E-state index contributed by atoms with van der Waals surface area (Å²) in [6.07, 6.45) is 5.43. The van der Waals surface area contributed by atoms with E-state index in [1.54, 1.807) is 0 Å². The van der Waals surface area contributed by atoms with Gasteiger partial charge in [0.1, 0.15) is 5.58 Å². The smallest absolute Gasteiger partial charge is 0.227 e. The molecule has 0 spiro atoms. The fraction of sp³-hybridized carbons (Fsp3) is 0.0577. The Labute approximate surface area is 333 Å².